The highest BCUT2D eigenvalue weighted by atomic mass is 16.5. The Hall–Kier alpha value is -0.990. The van der Waals surface area contributed by atoms with Crippen molar-refractivity contribution in [1.82, 2.24) is 9.78 Å². The summed E-state index contributed by atoms with van der Waals surface area (Å²) in [6, 6.07) is 0. The third-order valence-electron chi connectivity index (χ3n) is 2.23. The van der Waals surface area contributed by atoms with E-state index in [0.717, 1.165) is 25.5 Å². The summed E-state index contributed by atoms with van der Waals surface area (Å²) in [7, 11) is 0. The Morgan fingerprint density at radius 1 is 1.57 bits per heavy atom. The van der Waals surface area contributed by atoms with E-state index < -0.39 is 0 Å². The lowest BCUT2D eigenvalue weighted by Gasteiger charge is -2.21. The van der Waals surface area contributed by atoms with Crippen molar-refractivity contribution in [3.63, 3.8) is 0 Å². The molecule has 1 atom stereocenters. The maximum atomic E-state index is 5.60. The fourth-order valence-electron chi connectivity index (χ4n) is 1.52. The highest BCUT2D eigenvalue weighted by Crippen LogP contribution is 2.24. The van der Waals surface area contributed by atoms with E-state index in [-0.39, 0.29) is 0 Å². The number of ether oxygens (including phenoxy) is 1. The topological polar surface area (TPSA) is 27.1 Å². The van der Waals surface area contributed by atoms with Crippen LogP contribution in [0.5, 0.6) is 5.88 Å². The van der Waals surface area contributed by atoms with Crippen molar-refractivity contribution in [3.05, 3.63) is 11.8 Å². The standard InChI is InChI=1S/C9H14N2O.C2H6/c1-3-8-4-10-11-5-7(2)6-12-9(8)11;1-2/h4,7H,3,5-6H2,1-2H3;1-2H3. The minimum atomic E-state index is 0.585. The first-order valence-electron chi connectivity index (χ1n) is 5.48. The molecular formula is C11H20N2O. The molecule has 14 heavy (non-hydrogen) atoms. The molecule has 0 radical (unpaired) electrons. The normalized spacial score (nSPS) is 19.0. The summed E-state index contributed by atoms with van der Waals surface area (Å²) in [5.41, 5.74) is 1.22. The molecule has 0 saturated carbocycles. The molecule has 2 rings (SSSR count). The lowest BCUT2D eigenvalue weighted by Crippen LogP contribution is -2.23. The second-order valence-electron chi connectivity index (χ2n) is 3.43. The molecule has 80 valence electrons. The molecule has 0 fully saturated rings. The molecule has 1 unspecified atom stereocenters. The molecule has 0 aromatic carbocycles. The van der Waals surface area contributed by atoms with Gasteiger partial charge in [0.25, 0.3) is 0 Å². The van der Waals surface area contributed by atoms with Crippen molar-refractivity contribution in [3.8, 4) is 5.88 Å². The largest absolute Gasteiger partial charge is 0.477 e. The van der Waals surface area contributed by atoms with E-state index in [9.17, 15) is 0 Å². The number of nitrogens with zero attached hydrogens (tertiary/aromatic N) is 2. The van der Waals surface area contributed by atoms with Crippen LogP contribution in [0.25, 0.3) is 0 Å². The number of aryl methyl sites for hydroxylation is 1. The van der Waals surface area contributed by atoms with Gasteiger partial charge in [-0.15, -0.1) is 0 Å². The van der Waals surface area contributed by atoms with Crippen molar-refractivity contribution >= 4 is 0 Å². The molecule has 0 saturated heterocycles. The summed E-state index contributed by atoms with van der Waals surface area (Å²) in [6.07, 6.45) is 2.91. The zero-order valence-electron chi connectivity index (χ0n) is 9.58. The van der Waals surface area contributed by atoms with Crippen LogP contribution in [0.15, 0.2) is 6.20 Å². The zero-order valence-corrected chi connectivity index (χ0v) is 9.58. The highest BCUT2D eigenvalue weighted by molar-refractivity contribution is 5.24. The summed E-state index contributed by atoms with van der Waals surface area (Å²) in [5, 5.41) is 4.27. The average molecular weight is 196 g/mol. The number of hydrogen-bond donors (Lipinski definition) is 0. The molecule has 0 aliphatic carbocycles. The third kappa shape index (κ3) is 2.08. The van der Waals surface area contributed by atoms with Gasteiger partial charge >= 0.3 is 0 Å². The van der Waals surface area contributed by atoms with E-state index in [0.29, 0.717) is 5.92 Å². The minimum absolute atomic E-state index is 0.585. The van der Waals surface area contributed by atoms with Crippen molar-refractivity contribution < 1.29 is 4.74 Å². The van der Waals surface area contributed by atoms with E-state index in [1.54, 1.807) is 0 Å². The first-order chi connectivity index (χ1) is 6.81. The van der Waals surface area contributed by atoms with Crippen LogP contribution >= 0.6 is 0 Å². The number of fused-ring (bicyclic) bond motifs is 1. The Kier molecular flexibility index (Phi) is 3.98. The average Bonchev–Trinajstić information content (AvgIpc) is 2.62. The van der Waals surface area contributed by atoms with Gasteiger partial charge in [0.15, 0.2) is 0 Å². The van der Waals surface area contributed by atoms with Crippen molar-refractivity contribution in [2.75, 3.05) is 6.61 Å². The first kappa shape index (κ1) is 11.1. The van der Waals surface area contributed by atoms with Crippen LogP contribution in [-0.4, -0.2) is 16.4 Å². The Morgan fingerprint density at radius 3 is 2.93 bits per heavy atom. The Morgan fingerprint density at radius 2 is 2.29 bits per heavy atom. The molecule has 1 aromatic rings. The van der Waals surface area contributed by atoms with Crippen LogP contribution in [0, 0.1) is 5.92 Å². The SMILES string of the molecule is CC.CCc1cnn2c1OCC(C)C2. The molecule has 3 nitrogen and oxygen atoms in total. The number of rotatable bonds is 1. The summed E-state index contributed by atoms with van der Waals surface area (Å²) in [6.45, 7) is 10.1. The number of aromatic nitrogens is 2. The fraction of sp³-hybridized carbons (Fsp3) is 0.727. The highest BCUT2D eigenvalue weighted by Gasteiger charge is 2.19. The number of hydrogen-bond acceptors (Lipinski definition) is 2. The van der Waals surface area contributed by atoms with Gasteiger partial charge in [0, 0.05) is 11.5 Å². The second kappa shape index (κ2) is 5.03. The molecule has 3 heteroatoms. The monoisotopic (exact) mass is 196 g/mol. The minimum Gasteiger partial charge on any atom is -0.477 e. The van der Waals surface area contributed by atoms with E-state index >= 15 is 0 Å². The molecule has 0 bridgehead atoms. The summed E-state index contributed by atoms with van der Waals surface area (Å²) >= 11 is 0. The van der Waals surface area contributed by atoms with Crippen LogP contribution in [-0.2, 0) is 13.0 Å². The van der Waals surface area contributed by atoms with E-state index in [1.165, 1.54) is 5.56 Å². The van der Waals surface area contributed by atoms with Gasteiger partial charge in [0.2, 0.25) is 5.88 Å². The fourth-order valence-corrected chi connectivity index (χ4v) is 1.52. The van der Waals surface area contributed by atoms with Crippen LogP contribution in [0.1, 0.15) is 33.3 Å². The van der Waals surface area contributed by atoms with Gasteiger partial charge in [-0.2, -0.15) is 5.10 Å². The maximum absolute atomic E-state index is 5.60. The van der Waals surface area contributed by atoms with Crippen LogP contribution in [0.2, 0.25) is 0 Å². The Labute approximate surface area is 86.1 Å². The van der Waals surface area contributed by atoms with Gasteiger partial charge in [-0.05, 0) is 6.42 Å². The predicted octanol–water partition coefficient (Wildman–Crippen LogP) is 2.50. The zero-order chi connectivity index (χ0) is 10.6. The van der Waals surface area contributed by atoms with Gasteiger partial charge < -0.3 is 4.74 Å². The smallest absolute Gasteiger partial charge is 0.215 e. The molecule has 2 heterocycles. The van der Waals surface area contributed by atoms with Gasteiger partial charge in [0.05, 0.1) is 19.3 Å². The Bertz CT molecular complexity index is 281. The van der Waals surface area contributed by atoms with Crippen LogP contribution in [0.4, 0.5) is 0 Å². The molecule has 1 aliphatic heterocycles. The first-order valence-corrected chi connectivity index (χ1v) is 5.48. The molecule has 0 amide bonds. The molecule has 1 aliphatic rings. The molecule has 0 N–H and O–H groups in total. The summed E-state index contributed by atoms with van der Waals surface area (Å²) < 4.78 is 7.56. The maximum Gasteiger partial charge on any atom is 0.215 e. The molecule has 0 spiro atoms. The lowest BCUT2D eigenvalue weighted by molar-refractivity contribution is 0.174. The van der Waals surface area contributed by atoms with Gasteiger partial charge in [-0.25, -0.2) is 4.68 Å². The summed E-state index contributed by atoms with van der Waals surface area (Å²) in [5.74, 6) is 1.57. The van der Waals surface area contributed by atoms with Crippen molar-refractivity contribution in [2.45, 2.75) is 40.7 Å². The van der Waals surface area contributed by atoms with Gasteiger partial charge in [-0.1, -0.05) is 27.7 Å². The summed E-state index contributed by atoms with van der Waals surface area (Å²) in [4.78, 5) is 0. The molecule has 1 aromatic heterocycles. The van der Waals surface area contributed by atoms with E-state index in [2.05, 4.69) is 18.9 Å². The second-order valence-corrected chi connectivity index (χ2v) is 3.43. The van der Waals surface area contributed by atoms with E-state index in [1.807, 2.05) is 24.7 Å². The third-order valence-corrected chi connectivity index (χ3v) is 2.23. The van der Waals surface area contributed by atoms with Crippen molar-refractivity contribution in [1.29, 1.82) is 0 Å². The lowest BCUT2D eigenvalue weighted by atomic mass is 10.2. The van der Waals surface area contributed by atoms with Crippen molar-refractivity contribution in [2.24, 2.45) is 5.92 Å². The predicted molar refractivity (Wildman–Crippen MR) is 57.6 cm³/mol. The molecular weight excluding hydrogens is 176 g/mol. The van der Waals surface area contributed by atoms with Gasteiger partial charge in [-0.3, -0.25) is 0 Å². The quantitative estimate of drug-likeness (QED) is 0.690. The van der Waals surface area contributed by atoms with Gasteiger partial charge in [0.1, 0.15) is 0 Å². The van der Waals surface area contributed by atoms with E-state index in [4.69, 9.17) is 4.74 Å². The van der Waals surface area contributed by atoms with Crippen LogP contribution < -0.4 is 4.74 Å². The van der Waals surface area contributed by atoms with Crippen LogP contribution in [0.3, 0.4) is 0 Å². The Balaban J connectivity index is 0.000000461.